The van der Waals surface area contributed by atoms with Crippen LogP contribution in [0.15, 0.2) is 36.4 Å². The molecule has 1 aliphatic carbocycles. The van der Waals surface area contributed by atoms with Gasteiger partial charge in [-0.1, -0.05) is 12.2 Å². The summed E-state index contributed by atoms with van der Waals surface area (Å²) in [6, 6.07) is 5.47. The largest absolute Gasteiger partial charge is 0.416 e. The molecule has 0 spiro atoms. The predicted octanol–water partition coefficient (Wildman–Crippen LogP) is 3.84. The molecule has 1 N–H and O–H groups in total. The molecule has 1 nitrogen and oxygen atoms in total. The SMILES string of the molecule is FC(F)(F)c1ccc(NC2CC=CC2)cc1. The number of hydrogen-bond donors (Lipinski definition) is 1. The van der Waals surface area contributed by atoms with Gasteiger partial charge in [0.25, 0.3) is 0 Å². The Labute approximate surface area is 92.0 Å². The lowest BCUT2D eigenvalue weighted by molar-refractivity contribution is -0.137. The van der Waals surface area contributed by atoms with E-state index in [1.807, 2.05) is 0 Å². The van der Waals surface area contributed by atoms with Gasteiger partial charge in [0.05, 0.1) is 5.56 Å². The molecule has 0 saturated heterocycles. The highest BCUT2D eigenvalue weighted by atomic mass is 19.4. The molecule has 0 fully saturated rings. The topological polar surface area (TPSA) is 12.0 Å². The standard InChI is InChI=1S/C12H12F3N/c13-12(14,15)9-5-7-11(8-6-9)16-10-3-1-2-4-10/h1-2,5-8,10,16H,3-4H2. The molecule has 0 bridgehead atoms. The molecule has 0 aromatic heterocycles. The molecule has 1 aromatic rings. The van der Waals surface area contributed by atoms with Crippen LogP contribution in [0.2, 0.25) is 0 Å². The van der Waals surface area contributed by atoms with Crippen LogP contribution >= 0.6 is 0 Å². The van der Waals surface area contributed by atoms with Crippen LogP contribution in [0.5, 0.6) is 0 Å². The number of alkyl halides is 3. The molecule has 0 unspecified atom stereocenters. The van der Waals surface area contributed by atoms with E-state index in [4.69, 9.17) is 0 Å². The highest BCUT2D eigenvalue weighted by Crippen LogP contribution is 2.30. The average Bonchev–Trinajstić information content (AvgIpc) is 2.70. The molecule has 2 rings (SSSR count). The van der Waals surface area contributed by atoms with Gasteiger partial charge in [-0.25, -0.2) is 0 Å². The first-order chi connectivity index (χ1) is 7.55. The van der Waals surface area contributed by atoms with Gasteiger partial charge >= 0.3 is 6.18 Å². The average molecular weight is 227 g/mol. The first kappa shape index (κ1) is 11.0. The Morgan fingerprint density at radius 1 is 1.00 bits per heavy atom. The number of nitrogens with one attached hydrogen (secondary N) is 1. The Balaban J connectivity index is 2.02. The Morgan fingerprint density at radius 2 is 1.56 bits per heavy atom. The molecular formula is C12H12F3N. The van der Waals surface area contributed by atoms with Crippen LogP contribution in [-0.4, -0.2) is 6.04 Å². The van der Waals surface area contributed by atoms with Gasteiger partial charge in [-0.15, -0.1) is 0 Å². The summed E-state index contributed by atoms with van der Waals surface area (Å²) in [5, 5.41) is 3.19. The maximum atomic E-state index is 12.3. The van der Waals surface area contributed by atoms with Gasteiger partial charge in [-0.05, 0) is 37.1 Å². The first-order valence-corrected chi connectivity index (χ1v) is 5.14. The van der Waals surface area contributed by atoms with Crippen LogP contribution in [0.25, 0.3) is 0 Å². The lowest BCUT2D eigenvalue weighted by Gasteiger charge is -2.14. The second-order valence-corrected chi connectivity index (χ2v) is 3.86. The molecular weight excluding hydrogens is 215 g/mol. The summed E-state index contributed by atoms with van der Waals surface area (Å²) in [6.07, 6.45) is 1.75. The van der Waals surface area contributed by atoms with Crippen LogP contribution in [-0.2, 0) is 6.18 Å². The van der Waals surface area contributed by atoms with Crippen molar-refractivity contribution in [2.45, 2.75) is 25.1 Å². The summed E-state index contributed by atoms with van der Waals surface area (Å²) in [5.41, 5.74) is 0.129. The highest BCUT2D eigenvalue weighted by molar-refractivity contribution is 5.46. The van der Waals surface area contributed by atoms with E-state index in [1.165, 1.54) is 12.1 Å². The zero-order valence-electron chi connectivity index (χ0n) is 8.59. The van der Waals surface area contributed by atoms with Crippen molar-refractivity contribution in [1.82, 2.24) is 0 Å². The summed E-state index contributed by atoms with van der Waals surface area (Å²) in [4.78, 5) is 0. The van der Waals surface area contributed by atoms with Gasteiger partial charge in [0, 0.05) is 11.7 Å². The summed E-state index contributed by atoms with van der Waals surface area (Å²) < 4.78 is 36.9. The Hall–Kier alpha value is -1.45. The highest BCUT2D eigenvalue weighted by Gasteiger charge is 2.29. The fourth-order valence-electron chi connectivity index (χ4n) is 1.73. The Kier molecular flexibility index (Phi) is 2.90. The van der Waals surface area contributed by atoms with Crippen LogP contribution < -0.4 is 5.32 Å². The van der Waals surface area contributed by atoms with Crippen LogP contribution in [0, 0.1) is 0 Å². The van der Waals surface area contributed by atoms with E-state index in [0.717, 1.165) is 30.7 Å². The van der Waals surface area contributed by atoms with E-state index < -0.39 is 11.7 Å². The van der Waals surface area contributed by atoms with Gasteiger partial charge in [0.1, 0.15) is 0 Å². The van der Waals surface area contributed by atoms with Crippen molar-refractivity contribution >= 4 is 5.69 Å². The van der Waals surface area contributed by atoms with Gasteiger partial charge < -0.3 is 5.32 Å². The minimum absolute atomic E-state index is 0.316. The van der Waals surface area contributed by atoms with E-state index >= 15 is 0 Å². The van der Waals surface area contributed by atoms with Gasteiger partial charge in [0.15, 0.2) is 0 Å². The summed E-state index contributed by atoms with van der Waals surface area (Å²) in [5.74, 6) is 0. The number of halogens is 3. The van der Waals surface area contributed by atoms with E-state index in [1.54, 1.807) is 0 Å². The quantitative estimate of drug-likeness (QED) is 0.757. The first-order valence-electron chi connectivity index (χ1n) is 5.14. The fourth-order valence-corrected chi connectivity index (χ4v) is 1.73. The fraction of sp³-hybridized carbons (Fsp3) is 0.333. The maximum absolute atomic E-state index is 12.3. The van der Waals surface area contributed by atoms with Crippen molar-refractivity contribution in [3.8, 4) is 0 Å². The molecule has 0 atom stereocenters. The summed E-state index contributed by atoms with van der Waals surface area (Å²) in [7, 11) is 0. The molecule has 4 heteroatoms. The summed E-state index contributed by atoms with van der Waals surface area (Å²) in [6.45, 7) is 0. The van der Waals surface area contributed by atoms with Crippen molar-refractivity contribution in [1.29, 1.82) is 0 Å². The maximum Gasteiger partial charge on any atom is 0.416 e. The van der Waals surface area contributed by atoms with Crippen molar-refractivity contribution in [3.05, 3.63) is 42.0 Å². The predicted molar refractivity (Wildman–Crippen MR) is 57.2 cm³/mol. The lowest BCUT2D eigenvalue weighted by atomic mass is 10.1. The second-order valence-electron chi connectivity index (χ2n) is 3.86. The zero-order valence-corrected chi connectivity index (χ0v) is 8.59. The molecule has 16 heavy (non-hydrogen) atoms. The summed E-state index contributed by atoms with van der Waals surface area (Å²) >= 11 is 0. The third kappa shape index (κ3) is 2.56. The van der Waals surface area contributed by atoms with E-state index in [0.29, 0.717) is 6.04 Å². The Morgan fingerprint density at radius 3 is 2.06 bits per heavy atom. The van der Waals surface area contributed by atoms with Crippen molar-refractivity contribution in [2.24, 2.45) is 0 Å². The van der Waals surface area contributed by atoms with Gasteiger partial charge in [0.2, 0.25) is 0 Å². The van der Waals surface area contributed by atoms with Crippen LogP contribution in [0.3, 0.4) is 0 Å². The monoisotopic (exact) mass is 227 g/mol. The zero-order chi connectivity index (χ0) is 11.6. The molecule has 0 aliphatic heterocycles. The van der Waals surface area contributed by atoms with Crippen LogP contribution in [0.4, 0.5) is 18.9 Å². The molecule has 0 heterocycles. The number of benzene rings is 1. The number of rotatable bonds is 2. The lowest BCUT2D eigenvalue weighted by Crippen LogP contribution is -2.15. The van der Waals surface area contributed by atoms with Crippen molar-refractivity contribution < 1.29 is 13.2 Å². The third-order valence-electron chi connectivity index (χ3n) is 2.59. The number of anilines is 1. The molecule has 0 saturated carbocycles. The molecule has 0 amide bonds. The minimum Gasteiger partial charge on any atom is -0.382 e. The molecule has 1 aliphatic rings. The molecule has 1 aromatic carbocycles. The van der Waals surface area contributed by atoms with E-state index in [-0.39, 0.29) is 0 Å². The van der Waals surface area contributed by atoms with Crippen molar-refractivity contribution in [3.63, 3.8) is 0 Å². The number of hydrogen-bond acceptors (Lipinski definition) is 1. The van der Waals surface area contributed by atoms with Crippen LogP contribution in [0.1, 0.15) is 18.4 Å². The third-order valence-corrected chi connectivity index (χ3v) is 2.59. The normalized spacial score (nSPS) is 16.7. The van der Waals surface area contributed by atoms with Gasteiger partial charge in [-0.3, -0.25) is 0 Å². The van der Waals surface area contributed by atoms with Crippen molar-refractivity contribution in [2.75, 3.05) is 5.32 Å². The van der Waals surface area contributed by atoms with E-state index in [2.05, 4.69) is 17.5 Å². The molecule has 86 valence electrons. The minimum atomic E-state index is -4.26. The Bertz CT molecular complexity index is 370. The molecule has 0 radical (unpaired) electrons. The second kappa shape index (κ2) is 4.20. The smallest absolute Gasteiger partial charge is 0.382 e. The van der Waals surface area contributed by atoms with E-state index in [9.17, 15) is 13.2 Å². The van der Waals surface area contributed by atoms with Gasteiger partial charge in [-0.2, -0.15) is 13.2 Å².